The first-order valence-corrected chi connectivity index (χ1v) is 7.57. The van der Waals surface area contributed by atoms with Crippen LogP contribution >= 0.6 is 0 Å². The Hall–Kier alpha value is -2.12. The minimum atomic E-state index is -1.55. The van der Waals surface area contributed by atoms with Gasteiger partial charge in [-0.25, -0.2) is 4.79 Å². The maximum Gasteiger partial charge on any atom is 0.327 e. The lowest BCUT2D eigenvalue weighted by atomic mass is 9.95. The van der Waals surface area contributed by atoms with Gasteiger partial charge in [-0.2, -0.15) is 0 Å². The molecule has 0 saturated carbocycles. The molecule has 0 rings (SSSR count). The van der Waals surface area contributed by atoms with E-state index in [-0.39, 0.29) is 25.6 Å². The normalized spacial score (nSPS) is 13.1. The van der Waals surface area contributed by atoms with Gasteiger partial charge in [0.1, 0.15) is 6.04 Å². The summed E-state index contributed by atoms with van der Waals surface area (Å²) in [6, 6.07) is -1.55. The molecule has 0 aromatic rings. The number of carboxylic acids is 1. The van der Waals surface area contributed by atoms with E-state index in [1.54, 1.807) is 27.7 Å². The Balaban J connectivity index is 5.22. The molecule has 0 aromatic carbocycles. The number of carboxylic acid groups (broad SMARTS) is 1. The van der Waals surface area contributed by atoms with Crippen LogP contribution in [-0.2, 0) is 28.7 Å². The van der Waals surface area contributed by atoms with Crippen LogP contribution in [-0.4, -0.2) is 48.2 Å². The highest BCUT2D eigenvalue weighted by atomic mass is 16.5. The highest BCUT2D eigenvalue weighted by Crippen LogP contribution is 2.15. The Morgan fingerprint density at radius 2 is 1.57 bits per heavy atom. The number of ether oxygens (including phenoxy) is 2. The van der Waals surface area contributed by atoms with Crippen LogP contribution in [0.4, 0.5) is 0 Å². The first-order chi connectivity index (χ1) is 10.7. The third kappa shape index (κ3) is 8.18. The van der Waals surface area contributed by atoms with Crippen LogP contribution < -0.4 is 5.32 Å². The molecule has 0 spiro atoms. The fourth-order valence-corrected chi connectivity index (χ4v) is 1.92. The number of aliphatic carboxylic acids is 1. The molecule has 0 aliphatic heterocycles. The highest BCUT2D eigenvalue weighted by molar-refractivity contribution is 5.90. The molecule has 0 radical (unpaired) electrons. The topological polar surface area (TPSA) is 119 Å². The molecule has 8 heteroatoms. The molecule has 0 unspecified atom stereocenters. The van der Waals surface area contributed by atoms with E-state index in [1.807, 2.05) is 0 Å². The largest absolute Gasteiger partial charge is 0.480 e. The SMILES string of the molecule is CCOC(=O)C[C@H](C(=O)OCC)[C@@H](NC(=O)CC(C)C)C(=O)O. The second-order valence-electron chi connectivity index (χ2n) is 5.35. The van der Waals surface area contributed by atoms with Crippen molar-refractivity contribution in [2.24, 2.45) is 11.8 Å². The first kappa shape index (κ1) is 20.9. The number of carbonyl (C=O) groups is 4. The molecule has 0 aliphatic carbocycles. The third-order valence-corrected chi connectivity index (χ3v) is 2.86. The predicted molar refractivity (Wildman–Crippen MR) is 80.4 cm³/mol. The summed E-state index contributed by atoms with van der Waals surface area (Å²) in [4.78, 5) is 46.9. The van der Waals surface area contributed by atoms with Gasteiger partial charge >= 0.3 is 17.9 Å². The molecule has 0 aliphatic rings. The van der Waals surface area contributed by atoms with Gasteiger partial charge in [0.15, 0.2) is 0 Å². The van der Waals surface area contributed by atoms with Crippen molar-refractivity contribution in [1.29, 1.82) is 0 Å². The van der Waals surface area contributed by atoms with E-state index in [1.165, 1.54) is 0 Å². The number of carbonyl (C=O) groups excluding carboxylic acids is 3. The lowest BCUT2D eigenvalue weighted by Crippen LogP contribution is -2.50. The van der Waals surface area contributed by atoms with Gasteiger partial charge in [-0.15, -0.1) is 0 Å². The summed E-state index contributed by atoms with van der Waals surface area (Å²) in [5.74, 6) is -4.83. The van der Waals surface area contributed by atoms with Gasteiger partial charge in [-0.3, -0.25) is 14.4 Å². The summed E-state index contributed by atoms with van der Waals surface area (Å²) in [6.45, 7) is 6.90. The standard InChI is InChI=1S/C15H25NO7/c1-5-22-12(18)8-10(15(21)23-6-2)13(14(19)20)16-11(17)7-9(3)4/h9-10,13H,5-8H2,1-4H3,(H,16,17)(H,19,20)/t10-,13+/m0/s1. The lowest BCUT2D eigenvalue weighted by Gasteiger charge is -2.23. The van der Waals surface area contributed by atoms with Gasteiger partial charge in [0, 0.05) is 6.42 Å². The van der Waals surface area contributed by atoms with Gasteiger partial charge in [0.25, 0.3) is 0 Å². The number of rotatable bonds is 10. The molecule has 132 valence electrons. The zero-order valence-corrected chi connectivity index (χ0v) is 14.0. The first-order valence-electron chi connectivity index (χ1n) is 7.57. The van der Waals surface area contributed by atoms with Crippen molar-refractivity contribution in [3.05, 3.63) is 0 Å². The molecule has 2 atom stereocenters. The summed E-state index contributed by atoms with van der Waals surface area (Å²) in [5, 5.41) is 11.6. The van der Waals surface area contributed by atoms with Crippen LogP contribution in [0.15, 0.2) is 0 Å². The van der Waals surface area contributed by atoms with E-state index in [9.17, 15) is 24.3 Å². The zero-order valence-electron chi connectivity index (χ0n) is 14.0. The van der Waals surface area contributed by atoms with E-state index in [0.29, 0.717) is 0 Å². The lowest BCUT2D eigenvalue weighted by molar-refractivity contribution is -0.160. The Morgan fingerprint density at radius 1 is 1.00 bits per heavy atom. The molecular weight excluding hydrogens is 306 g/mol. The van der Waals surface area contributed by atoms with Crippen LogP contribution in [0.2, 0.25) is 0 Å². The average molecular weight is 331 g/mol. The Morgan fingerprint density at radius 3 is 2.00 bits per heavy atom. The number of amides is 1. The summed E-state index contributed by atoms with van der Waals surface area (Å²) < 4.78 is 9.56. The fourth-order valence-electron chi connectivity index (χ4n) is 1.92. The minimum absolute atomic E-state index is 0.0237. The van der Waals surface area contributed by atoms with Crippen molar-refractivity contribution >= 4 is 23.8 Å². The molecule has 0 saturated heterocycles. The smallest absolute Gasteiger partial charge is 0.327 e. The van der Waals surface area contributed by atoms with Gasteiger partial charge in [0.2, 0.25) is 5.91 Å². The van der Waals surface area contributed by atoms with Crippen LogP contribution in [0.3, 0.4) is 0 Å². The van der Waals surface area contributed by atoms with Gasteiger partial charge in [-0.1, -0.05) is 13.8 Å². The number of esters is 2. The number of hydrogen-bond acceptors (Lipinski definition) is 6. The van der Waals surface area contributed by atoms with Gasteiger partial charge < -0.3 is 19.9 Å². The molecule has 0 fully saturated rings. The maximum atomic E-state index is 12.0. The second-order valence-corrected chi connectivity index (χ2v) is 5.35. The van der Waals surface area contributed by atoms with E-state index < -0.39 is 42.2 Å². The zero-order chi connectivity index (χ0) is 18.0. The maximum absolute atomic E-state index is 12.0. The Bertz CT molecular complexity index is 434. The molecular formula is C15H25NO7. The van der Waals surface area contributed by atoms with Crippen LogP contribution in [0.25, 0.3) is 0 Å². The quantitative estimate of drug-likeness (QED) is 0.566. The van der Waals surface area contributed by atoms with Crippen molar-refractivity contribution in [3.8, 4) is 0 Å². The van der Waals surface area contributed by atoms with E-state index in [0.717, 1.165) is 0 Å². The molecule has 1 amide bonds. The predicted octanol–water partition coefficient (Wildman–Crippen LogP) is 0.734. The van der Waals surface area contributed by atoms with E-state index >= 15 is 0 Å². The molecule has 0 bridgehead atoms. The van der Waals surface area contributed by atoms with Gasteiger partial charge in [0.05, 0.1) is 25.6 Å². The summed E-state index contributed by atoms with van der Waals surface area (Å²) in [5.41, 5.74) is 0. The van der Waals surface area contributed by atoms with Crippen molar-refractivity contribution < 1.29 is 33.8 Å². The van der Waals surface area contributed by atoms with E-state index in [2.05, 4.69) is 5.32 Å². The Kier molecular flexibility index (Phi) is 9.60. The Labute approximate surface area is 135 Å². The molecule has 23 heavy (non-hydrogen) atoms. The van der Waals surface area contributed by atoms with Gasteiger partial charge in [-0.05, 0) is 19.8 Å². The summed E-state index contributed by atoms with van der Waals surface area (Å²) in [6.07, 6.45) is -0.371. The highest BCUT2D eigenvalue weighted by Gasteiger charge is 2.38. The summed E-state index contributed by atoms with van der Waals surface area (Å²) >= 11 is 0. The van der Waals surface area contributed by atoms with Crippen molar-refractivity contribution in [1.82, 2.24) is 5.32 Å². The van der Waals surface area contributed by atoms with Crippen molar-refractivity contribution in [3.63, 3.8) is 0 Å². The average Bonchev–Trinajstić information content (AvgIpc) is 2.42. The van der Waals surface area contributed by atoms with Crippen LogP contribution in [0.5, 0.6) is 0 Å². The number of hydrogen-bond donors (Lipinski definition) is 2. The monoisotopic (exact) mass is 331 g/mol. The fraction of sp³-hybridized carbons (Fsp3) is 0.733. The van der Waals surface area contributed by atoms with Crippen LogP contribution in [0.1, 0.15) is 40.5 Å². The van der Waals surface area contributed by atoms with Crippen LogP contribution in [0, 0.1) is 11.8 Å². The van der Waals surface area contributed by atoms with E-state index in [4.69, 9.17) is 9.47 Å². The van der Waals surface area contributed by atoms with Crippen molar-refractivity contribution in [2.45, 2.75) is 46.6 Å². The molecule has 8 nitrogen and oxygen atoms in total. The third-order valence-electron chi connectivity index (χ3n) is 2.86. The molecule has 0 heterocycles. The number of nitrogens with one attached hydrogen (secondary N) is 1. The molecule has 0 aromatic heterocycles. The van der Waals surface area contributed by atoms with Crippen molar-refractivity contribution in [2.75, 3.05) is 13.2 Å². The molecule has 2 N–H and O–H groups in total. The summed E-state index contributed by atoms with van der Waals surface area (Å²) in [7, 11) is 0. The second kappa shape index (κ2) is 10.6. The minimum Gasteiger partial charge on any atom is -0.480 e.